The van der Waals surface area contributed by atoms with Gasteiger partial charge in [0.25, 0.3) is 0 Å². The Morgan fingerprint density at radius 1 is 1.33 bits per heavy atom. The number of unbranched alkanes of at least 4 members (excludes halogenated alkanes) is 1. The van der Waals surface area contributed by atoms with Crippen molar-refractivity contribution in [1.82, 2.24) is 4.90 Å². The molecule has 0 radical (unpaired) electrons. The van der Waals surface area contributed by atoms with Crippen LogP contribution < -0.4 is 0 Å². The van der Waals surface area contributed by atoms with Crippen molar-refractivity contribution in [2.45, 2.75) is 25.7 Å². The fourth-order valence-electron chi connectivity index (χ4n) is 1.21. The second-order valence-electron chi connectivity index (χ2n) is 2.75. The molecule has 0 unspecified atom stereocenters. The monoisotopic (exact) mass is 165 g/mol. The number of hydrogen-bond acceptors (Lipinski definition) is 2. The molecule has 0 aromatic carbocycles. The first-order valence-corrected chi connectivity index (χ1v) is 4.02. The SMILES string of the molecule is C#CCCCN1C(=O)CCC1=O. The number of rotatable bonds is 3. The van der Waals surface area contributed by atoms with Crippen LogP contribution in [0, 0.1) is 12.3 Å². The Bertz CT molecular complexity index is 223. The van der Waals surface area contributed by atoms with Crippen LogP contribution in [0.1, 0.15) is 25.7 Å². The van der Waals surface area contributed by atoms with E-state index in [-0.39, 0.29) is 11.8 Å². The number of carbonyl (C=O) groups is 2. The number of imide groups is 1. The molecule has 3 nitrogen and oxygen atoms in total. The van der Waals surface area contributed by atoms with E-state index in [9.17, 15) is 9.59 Å². The average molecular weight is 165 g/mol. The summed E-state index contributed by atoms with van der Waals surface area (Å²) < 4.78 is 0. The molecule has 2 amide bonds. The molecule has 0 N–H and O–H groups in total. The lowest BCUT2D eigenvalue weighted by molar-refractivity contribution is -0.138. The van der Waals surface area contributed by atoms with Crippen LogP contribution in [0.15, 0.2) is 0 Å². The highest BCUT2D eigenvalue weighted by molar-refractivity contribution is 6.01. The lowest BCUT2D eigenvalue weighted by Crippen LogP contribution is -2.29. The van der Waals surface area contributed by atoms with Crippen molar-refractivity contribution in [2.75, 3.05) is 6.54 Å². The summed E-state index contributed by atoms with van der Waals surface area (Å²) >= 11 is 0. The van der Waals surface area contributed by atoms with Gasteiger partial charge in [0.1, 0.15) is 0 Å². The minimum Gasteiger partial charge on any atom is -0.283 e. The topological polar surface area (TPSA) is 37.4 Å². The number of amides is 2. The average Bonchev–Trinajstić information content (AvgIpc) is 2.35. The van der Waals surface area contributed by atoms with Crippen LogP contribution in [0.2, 0.25) is 0 Å². The normalized spacial score (nSPS) is 16.8. The molecule has 0 aromatic rings. The zero-order valence-electron chi connectivity index (χ0n) is 6.88. The molecule has 0 spiro atoms. The van der Waals surface area contributed by atoms with Gasteiger partial charge >= 0.3 is 0 Å². The van der Waals surface area contributed by atoms with Gasteiger partial charge in [0.05, 0.1) is 0 Å². The van der Waals surface area contributed by atoms with Gasteiger partial charge in [-0.25, -0.2) is 0 Å². The molecule has 3 heteroatoms. The van der Waals surface area contributed by atoms with Crippen LogP contribution in [0.25, 0.3) is 0 Å². The van der Waals surface area contributed by atoms with Crippen molar-refractivity contribution in [1.29, 1.82) is 0 Å². The smallest absolute Gasteiger partial charge is 0.229 e. The van der Waals surface area contributed by atoms with E-state index >= 15 is 0 Å². The summed E-state index contributed by atoms with van der Waals surface area (Å²) in [4.78, 5) is 23.4. The Labute approximate surface area is 71.7 Å². The first-order valence-electron chi connectivity index (χ1n) is 4.02. The molecule has 0 saturated carbocycles. The third kappa shape index (κ3) is 1.85. The highest BCUT2D eigenvalue weighted by atomic mass is 16.2. The summed E-state index contributed by atoms with van der Waals surface area (Å²) in [5, 5.41) is 0. The molecule has 0 bridgehead atoms. The predicted octanol–water partition coefficient (Wildman–Crippen LogP) is 0.549. The summed E-state index contributed by atoms with van der Waals surface area (Å²) in [5.41, 5.74) is 0. The van der Waals surface area contributed by atoms with Gasteiger partial charge in [-0.15, -0.1) is 12.3 Å². The van der Waals surface area contributed by atoms with Crippen molar-refractivity contribution in [2.24, 2.45) is 0 Å². The van der Waals surface area contributed by atoms with E-state index in [0.29, 0.717) is 32.2 Å². The highest BCUT2D eigenvalue weighted by Gasteiger charge is 2.27. The van der Waals surface area contributed by atoms with E-state index in [4.69, 9.17) is 6.42 Å². The van der Waals surface area contributed by atoms with Crippen molar-refractivity contribution in [3.63, 3.8) is 0 Å². The molecule has 0 atom stereocenters. The Morgan fingerprint density at radius 2 is 1.92 bits per heavy atom. The van der Waals surface area contributed by atoms with E-state index in [0.717, 1.165) is 0 Å². The lowest BCUT2D eigenvalue weighted by atomic mass is 10.3. The summed E-state index contributed by atoms with van der Waals surface area (Å²) in [5.74, 6) is 2.36. The van der Waals surface area contributed by atoms with Crippen LogP contribution >= 0.6 is 0 Å². The maximum Gasteiger partial charge on any atom is 0.229 e. The molecule has 1 rings (SSSR count). The second-order valence-corrected chi connectivity index (χ2v) is 2.75. The third-order valence-corrected chi connectivity index (χ3v) is 1.86. The second kappa shape index (κ2) is 3.91. The van der Waals surface area contributed by atoms with Crippen molar-refractivity contribution in [3.8, 4) is 12.3 Å². The van der Waals surface area contributed by atoms with Crippen molar-refractivity contribution >= 4 is 11.8 Å². The fourth-order valence-corrected chi connectivity index (χ4v) is 1.21. The van der Waals surface area contributed by atoms with E-state index in [1.54, 1.807) is 0 Å². The molecule has 1 aliphatic rings. The number of carbonyl (C=O) groups excluding carboxylic acids is 2. The van der Waals surface area contributed by atoms with Gasteiger partial charge in [-0.1, -0.05) is 0 Å². The first kappa shape index (κ1) is 8.79. The quantitative estimate of drug-likeness (QED) is 0.348. The van der Waals surface area contributed by atoms with Crippen LogP contribution in [-0.4, -0.2) is 23.3 Å². The Hall–Kier alpha value is -1.30. The van der Waals surface area contributed by atoms with Gasteiger partial charge in [-0.3, -0.25) is 14.5 Å². The molecule has 64 valence electrons. The van der Waals surface area contributed by atoms with Gasteiger partial charge in [0, 0.05) is 25.8 Å². The zero-order chi connectivity index (χ0) is 8.97. The third-order valence-electron chi connectivity index (χ3n) is 1.86. The molecule has 0 aliphatic carbocycles. The number of nitrogens with zero attached hydrogens (tertiary/aromatic N) is 1. The lowest BCUT2D eigenvalue weighted by Gasteiger charge is -2.11. The number of terminal acetylenes is 1. The molecule has 1 heterocycles. The van der Waals surface area contributed by atoms with Gasteiger partial charge in [-0.2, -0.15) is 0 Å². The maximum atomic E-state index is 11.0. The maximum absolute atomic E-state index is 11.0. The summed E-state index contributed by atoms with van der Waals surface area (Å²) in [6.45, 7) is 0.488. The van der Waals surface area contributed by atoms with Crippen LogP contribution in [0.4, 0.5) is 0 Å². The fraction of sp³-hybridized carbons (Fsp3) is 0.556. The molecule has 1 fully saturated rings. The Balaban J connectivity index is 2.36. The van der Waals surface area contributed by atoms with Crippen molar-refractivity contribution < 1.29 is 9.59 Å². The summed E-state index contributed by atoms with van der Waals surface area (Å²) in [6, 6.07) is 0. The molecular formula is C9H11NO2. The van der Waals surface area contributed by atoms with Gasteiger partial charge in [-0.05, 0) is 6.42 Å². The minimum absolute atomic E-state index is 0.0583. The molecule has 0 aromatic heterocycles. The van der Waals surface area contributed by atoms with Crippen molar-refractivity contribution in [3.05, 3.63) is 0 Å². The van der Waals surface area contributed by atoms with Gasteiger partial charge < -0.3 is 0 Å². The van der Waals surface area contributed by atoms with Gasteiger partial charge in [0.15, 0.2) is 0 Å². The van der Waals surface area contributed by atoms with Crippen LogP contribution in [0.3, 0.4) is 0 Å². The van der Waals surface area contributed by atoms with E-state index < -0.39 is 0 Å². The standard InChI is InChI=1S/C9H11NO2/c1-2-3-4-7-10-8(11)5-6-9(10)12/h1H,3-7H2. The first-order chi connectivity index (χ1) is 5.75. The molecule has 1 saturated heterocycles. The molecule has 12 heavy (non-hydrogen) atoms. The molecule has 1 aliphatic heterocycles. The van der Waals surface area contributed by atoms with E-state index in [1.807, 2.05) is 0 Å². The number of likely N-dealkylation sites (tertiary alicyclic amines) is 1. The number of hydrogen-bond donors (Lipinski definition) is 0. The summed E-state index contributed by atoms with van der Waals surface area (Å²) in [6.07, 6.45) is 7.12. The largest absolute Gasteiger partial charge is 0.283 e. The van der Waals surface area contributed by atoms with E-state index in [1.165, 1.54) is 4.90 Å². The Kier molecular flexibility index (Phi) is 2.87. The van der Waals surface area contributed by atoms with Crippen LogP contribution in [-0.2, 0) is 9.59 Å². The zero-order valence-corrected chi connectivity index (χ0v) is 6.88. The highest BCUT2D eigenvalue weighted by Crippen LogP contribution is 2.11. The Morgan fingerprint density at radius 3 is 2.42 bits per heavy atom. The molecular weight excluding hydrogens is 154 g/mol. The van der Waals surface area contributed by atoms with Crippen LogP contribution in [0.5, 0.6) is 0 Å². The van der Waals surface area contributed by atoms with Gasteiger partial charge in [0.2, 0.25) is 11.8 Å². The summed E-state index contributed by atoms with van der Waals surface area (Å²) in [7, 11) is 0. The minimum atomic E-state index is -0.0583. The van der Waals surface area contributed by atoms with E-state index in [2.05, 4.69) is 5.92 Å². The predicted molar refractivity (Wildman–Crippen MR) is 44.0 cm³/mol.